The molecule has 0 spiro atoms. The maximum Gasteiger partial charge on any atom is 0.255 e. The number of benzene rings is 4. The molecule has 36 heavy (non-hydrogen) atoms. The van der Waals surface area contributed by atoms with Crippen LogP contribution in [0.1, 0.15) is 21.5 Å². The van der Waals surface area contributed by atoms with Gasteiger partial charge in [-0.05, 0) is 73.5 Å². The van der Waals surface area contributed by atoms with Crippen molar-refractivity contribution >= 4 is 22.6 Å². The van der Waals surface area contributed by atoms with Crippen molar-refractivity contribution in [3.8, 4) is 28.2 Å². The standard InChI is InChI=1S/C30H22FNO4/c1-17-12-18(2)14-22(13-17)30(35)32-24-5-3-4-21(15-24)29-28(34)27(33)25-11-8-20(16-26(25)36-29)19-6-9-23(31)10-7-19/h3-16,34H,1-2H3,(H,32,35). The van der Waals surface area contributed by atoms with E-state index in [1.54, 1.807) is 66.7 Å². The van der Waals surface area contributed by atoms with E-state index in [4.69, 9.17) is 4.42 Å². The van der Waals surface area contributed by atoms with Crippen LogP contribution in [0.25, 0.3) is 33.4 Å². The zero-order chi connectivity index (χ0) is 25.4. The third kappa shape index (κ3) is 4.49. The van der Waals surface area contributed by atoms with Crippen LogP contribution in [0.15, 0.2) is 94.1 Å². The van der Waals surface area contributed by atoms with Crippen LogP contribution in [0, 0.1) is 19.7 Å². The average Bonchev–Trinajstić information content (AvgIpc) is 2.86. The van der Waals surface area contributed by atoms with Gasteiger partial charge in [0.25, 0.3) is 5.91 Å². The van der Waals surface area contributed by atoms with Gasteiger partial charge in [0, 0.05) is 16.8 Å². The SMILES string of the molecule is Cc1cc(C)cc(C(=O)Nc2cccc(-c3oc4cc(-c5ccc(F)cc5)ccc4c(=O)c3O)c2)c1. The number of aryl methyl sites for hydroxylation is 2. The molecule has 5 rings (SSSR count). The molecule has 1 aromatic heterocycles. The smallest absolute Gasteiger partial charge is 0.255 e. The molecule has 5 nitrogen and oxygen atoms in total. The van der Waals surface area contributed by atoms with E-state index in [1.807, 2.05) is 19.9 Å². The van der Waals surface area contributed by atoms with Gasteiger partial charge in [0.05, 0.1) is 5.39 Å². The maximum absolute atomic E-state index is 13.3. The highest BCUT2D eigenvalue weighted by atomic mass is 19.1. The molecule has 0 radical (unpaired) electrons. The van der Waals surface area contributed by atoms with E-state index in [9.17, 15) is 19.1 Å². The lowest BCUT2D eigenvalue weighted by atomic mass is 10.0. The molecular formula is C30H22FNO4. The van der Waals surface area contributed by atoms with Gasteiger partial charge >= 0.3 is 0 Å². The quantitative estimate of drug-likeness (QED) is 0.296. The summed E-state index contributed by atoms with van der Waals surface area (Å²) in [5.74, 6) is -1.14. The molecule has 178 valence electrons. The van der Waals surface area contributed by atoms with Crippen molar-refractivity contribution in [2.75, 3.05) is 5.32 Å². The lowest BCUT2D eigenvalue weighted by Gasteiger charge is -2.10. The third-order valence-corrected chi connectivity index (χ3v) is 5.91. The van der Waals surface area contributed by atoms with E-state index < -0.39 is 11.2 Å². The Bertz CT molecular complexity index is 1670. The lowest BCUT2D eigenvalue weighted by Crippen LogP contribution is -2.12. The minimum atomic E-state index is -0.568. The van der Waals surface area contributed by atoms with Gasteiger partial charge in [0.15, 0.2) is 5.76 Å². The molecule has 2 N–H and O–H groups in total. The Kier molecular flexibility index (Phi) is 5.86. The fourth-order valence-electron chi connectivity index (χ4n) is 4.25. The summed E-state index contributed by atoms with van der Waals surface area (Å²) < 4.78 is 19.3. The van der Waals surface area contributed by atoms with Crippen molar-refractivity contribution in [1.29, 1.82) is 0 Å². The molecule has 0 unspecified atom stereocenters. The van der Waals surface area contributed by atoms with Gasteiger partial charge in [0.1, 0.15) is 11.4 Å². The summed E-state index contributed by atoms with van der Waals surface area (Å²) in [6.07, 6.45) is 0. The van der Waals surface area contributed by atoms with Gasteiger partial charge in [0.2, 0.25) is 11.2 Å². The molecule has 0 aliphatic carbocycles. The van der Waals surface area contributed by atoms with Crippen LogP contribution in [0.2, 0.25) is 0 Å². The largest absolute Gasteiger partial charge is 0.502 e. The van der Waals surface area contributed by atoms with E-state index >= 15 is 0 Å². The van der Waals surface area contributed by atoms with Gasteiger partial charge in [-0.1, -0.05) is 47.5 Å². The molecular weight excluding hydrogens is 457 g/mol. The first-order chi connectivity index (χ1) is 17.3. The van der Waals surface area contributed by atoms with Crippen molar-refractivity contribution in [3.63, 3.8) is 0 Å². The number of halogens is 1. The number of rotatable bonds is 4. The monoisotopic (exact) mass is 479 g/mol. The van der Waals surface area contributed by atoms with E-state index in [0.29, 0.717) is 16.8 Å². The van der Waals surface area contributed by atoms with Crippen LogP contribution in [0.5, 0.6) is 5.75 Å². The highest BCUT2D eigenvalue weighted by Crippen LogP contribution is 2.33. The number of fused-ring (bicyclic) bond motifs is 1. The number of hydrogen-bond donors (Lipinski definition) is 2. The Morgan fingerprint density at radius 2 is 1.53 bits per heavy atom. The summed E-state index contributed by atoms with van der Waals surface area (Å²) in [5, 5.41) is 13.7. The molecule has 0 atom stereocenters. The second-order valence-corrected chi connectivity index (χ2v) is 8.74. The molecule has 0 saturated heterocycles. The van der Waals surface area contributed by atoms with Gasteiger partial charge in [-0.3, -0.25) is 9.59 Å². The number of aromatic hydroxyl groups is 1. The summed E-state index contributed by atoms with van der Waals surface area (Å²) in [6.45, 7) is 3.85. The number of nitrogens with one attached hydrogen (secondary N) is 1. The van der Waals surface area contributed by atoms with E-state index in [1.165, 1.54) is 12.1 Å². The van der Waals surface area contributed by atoms with Crippen molar-refractivity contribution in [3.05, 3.63) is 118 Å². The van der Waals surface area contributed by atoms with Crippen LogP contribution in [0.3, 0.4) is 0 Å². The first-order valence-corrected chi connectivity index (χ1v) is 11.3. The number of carbonyl (C=O) groups is 1. The van der Waals surface area contributed by atoms with Crippen LogP contribution in [-0.4, -0.2) is 11.0 Å². The molecule has 6 heteroatoms. The summed E-state index contributed by atoms with van der Waals surface area (Å²) in [4.78, 5) is 25.7. The number of anilines is 1. The maximum atomic E-state index is 13.3. The third-order valence-electron chi connectivity index (χ3n) is 5.91. The highest BCUT2D eigenvalue weighted by molar-refractivity contribution is 6.04. The molecule has 0 bridgehead atoms. The average molecular weight is 480 g/mol. The van der Waals surface area contributed by atoms with Crippen molar-refractivity contribution < 1.29 is 18.7 Å². The van der Waals surface area contributed by atoms with Crippen molar-refractivity contribution in [2.24, 2.45) is 0 Å². The Balaban J connectivity index is 1.53. The Morgan fingerprint density at radius 1 is 0.833 bits per heavy atom. The highest BCUT2D eigenvalue weighted by Gasteiger charge is 2.17. The summed E-state index contributed by atoms with van der Waals surface area (Å²) in [5.41, 5.74) is 4.61. The predicted molar refractivity (Wildman–Crippen MR) is 139 cm³/mol. The fourth-order valence-corrected chi connectivity index (χ4v) is 4.25. The van der Waals surface area contributed by atoms with Gasteiger partial charge < -0.3 is 14.8 Å². The van der Waals surface area contributed by atoms with Crippen molar-refractivity contribution in [2.45, 2.75) is 13.8 Å². The minimum Gasteiger partial charge on any atom is -0.502 e. The number of hydrogen-bond acceptors (Lipinski definition) is 4. The van der Waals surface area contributed by atoms with Crippen LogP contribution >= 0.6 is 0 Å². The van der Waals surface area contributed by atoms with Crippen LogP contribution in [-0.2, 0) is 0 Å². The molecule has 4 aromatic carbocycles. The van der Waals surface area contributed by atoms with E-state index in [0.717, 1.165) is 22.3 Å². The second-order valence-electron chi connectivity index (χ2n) is 8.74. The Hall–Kier alpha value is -4.71. The van der Waals surface area contributed by atoms with Crippen LogP contribution < -0.4 is 10.7 Å². The molecule has 0 aliphatic heterocycles. The normalized spacial score (nSPS) is 11.0. The molecule has 0 aliphatic rings. The number of carbonyl (C=O) groups excluding carboxylic acids is 1. The molecule has 1 heterocycles. The molecule has 0 fully saturated rings. The zero-order valence-electron chi connectivity index (χ0n) is 19.6. The number of amides is 1. The lowest BCUT2D eigenvalue weighted by molar-refractivity contribution is 0.102. The van der Waals surface area contributed by atoms with Gasteiger partial charge in [-0.25, -0.2) is 4.39 Å². The van der Waals surface area contributed by atoms with Crippen LogP contribution in [0.4, 0.5) is 10.1 Å². The van der Waals surface area contributed by atoms with Gasteiger partial charge in [-0.2, -0.15) is 0 Å². The predicted octanol–water partition coefficient (Wildman–Crippen LogP) is 6.84. The van der Waals surface area contributed by atoms with E-state index in [2.05, 4.69) is 5.32 Å². The Labute approximate surface area is 206 Å². The minimum absolute atomic E-state index is 0.00810. The van der Waals surface area contributed by atoms with E-state index in [-0.39, 0.29) is 28.5 Å². The van der Waals surface area contributed by atoms with Gasteiger partial charge in [-0.15, -0.1) is 0 Å². The second kappa shape index (κ2) is 9.15. The Morgan fingerprint density at radius 3 is 2.25 bits per heavy atom. The van der Waals surface area contributed by atoms with Crippen molar-refractivity contribution in [1.82, 2.24) is 0 Å². The molecule has 0 saturated carbocycles. The first kappa shape index (κ1) is 23.1. The topological polar surface area (TPSA) is 79.5 Å². The molecule has 5 aromatic rings. The molecule has 1 amide bonds. The fraction of sp³-hybridized carbons (Fsp3) is 0.0667. The summed E-state index contributed by atoms with van der Waals surface area (Å²) in [7, 11) is 0. The zero-order valence-corrected chi connectivity index (χ0v) is 19.6. The summed E-state index contributed by atoms with van der Waals surface area (Å²) in [6, 6.07) is 23.3. The summed E-state index contributed by atoms with van der Waals surface area (Å²) >= 11 is 0. The first-order valence-electron chi connectivity index (χ1n) is 11.3.